The van der Waals surface area contributed by atoms with Gasteiger partial charge in [-0.25, -0.2) is 0 Å². The monoisotopic (exact) mass is 364 g/mol. The lowest BCUT2D eigenvalue weighted by molar-refractivity contribution is -0.385. The summed E-state index contributed by atoms with van der Waals surface area (Å²) in [6.07, 6.45) is 0. The van der Waals surface area contributed by atoms with Crippen LogP contribution in [0.25, 0.3) is 0 Å². The molecule has 0 aliphatic carbocycles. The fraction of sp³-hybridized carbons (Fsp3) is 0.0909. The molecule has 0 unspecified atom stereocenters. The van der Waals surface area contributed by atoms with Gasteiger partial charge in [-0.1, -0.05) is 6.07 Å². The Morgan fingerprint density at radius 3 is 2.68 bits per heavy atom. The van der Waals surface area contributed by atoms with Gasteiger partial charge in [-0.15, -0.1) is 23.7 Å². The first kappa shape index (κ1) is 15.9. The van der Waals surface area contributed by atoms with E-state index in [1.807, 2.05) is 17.5 Å². The highest BCUT2D eigenvalue weighted by Crippen LogP contribution is 2.38. The summed E-state index contributed by atoms with van der Waals surface area (Å²) in [6.45, 7) is 0. The van der Waals surface area contributed by atoms with Gasteiger partial charge in [0.25, 0.3) is 5.69 Å². The van der Waals surface area contributed by atoms with Crippen LogP contribution in [0.3, 0.4) is 0 Å². The molecule has 0 fully saturated rings. The minimum absolute atomic E-state index is 0. The highest BCUT2D eigenvalue weighted by Gasteiger charge is 2.20. The van der Waals surface area contributed by atoms with E-state index < -0.39 is 11.0 Å². The fourth-order valence-corrected chi connectivity index (χ4v) is 2.78. The molecule has 2 aromatic rings. The van der Waals surface area contributed by atoms with Crippen LogP contribution < -0.4 is 5.73 Å². The van der Waals surface area contributed by atoms with Crippen molar-refractivity contribution in [1.29, 1.82) is 0 Å². The molecule has 5 nitrogen and oxygen atoms in total. The van der Waals surface area contributed by atoms with Gasteiger partial charge >= 0.3 is 0 Å². The van der Waals surface area contributed by atoms with Gasteiger partial charge in [0, 0.05) is 22.6 Å². The van der Waals surface area contributed by atoms with Gasteiger partial charge in [0.1, 0.15) is 5.75 Å². The lowest BCUT2D eigenvalue weighted by atomic mass is 10.0. The summed E-state index contributed by atoms with van der Waals surface area (Å²) in [5.41, 5.74) is 6.23. The zero-order chi connectivity index (χ0) is 13.3. The van der Waals surface area contributed by atoms with E-state index in [2.05, 4.69) is 15.9 Å². The second-order valence-electron chi connectivity index (χ2n) is 3.62. The minimum Gasteiger partial charge on any atom is -0.506 e. The molecular weight excluding hydrogens is 356 g/mol. The Balaban J connectivity index is 0.00000180. The van der Waals surface area contributed by atoms with Crippen LogP contribution in [0, 0.1) is 10.1 Å². The van der Waals surface area contributed by atoms with Gasteiger partial charge in [0.2, 0.25) is 0 Å². The topological polar surface area (TPSA) is 89.4 Å². The predicted molar refractivity (Wildman–Crippen MR) is 80.1 cm³/mol. The van der Waals surface area contributed by atoms with Crippen LogP contribution in [0.4, 0.5) is 5.69 Å². The molecule has 0 saturated carbocycles. The number of benzene rings is 1. The van der Waals surface area contributed by atoms with Crippen LogP contribution in [-0.4, -0.2) is 10.0 Å². The molecule has 3 N–H and O–H groups in total. The van der Waals surface area contributed by atoms with Crippen molar-refractivity contribution < 1.29 is 10.0 Å². The highest BCUT2D eigenvalue weighted by atomic mass is 79.9. The van der Waals surface area contributed by atoms with E-state index in [9.17, 15) is 15.2 Å². The first-order valence-corrected chi connectivity index (χ1v) is 6.63. The first-order valence-electron chi connectivity index (χ1n) is 4.96. The number of hydrogen-bond acceptors (Lipinski definition) is 5. The zero-order valence-electron chi connectivity index (χ0n) is 9.45. The summed E-state index contributed by atoms with van der Waals surface area (Å²) in [5, 5.41) is 22.6. The summed E-state index contributed by atoms with van der Waals surface area (Å²) in [5.74, 6) is -0.0681. The number of nitro groups is 1. The van der Waals surface area contributed by atoms with Gasteiger partial charge in [-0.3, -0.25) is 10.1 Å². The van der Waals surface area contributed by atoms with Crippen molar-refractivity contribution in [2.75, 3.05) is 0 Å². The van der Waals surface area contributed by atoms with E-state index in [-0.39, 0.29) is 28.3 Å². The summed E-state index contributed by atoms with van der Waals surface area (Å²) in [6, 6.07) is 5.62. The van der Waals surface area contributed by atoms with Crippen molar-refractivity contribution in [2.45, 2.75) is 6.04 Å². The SMILES string of the molecule is Cl.N[C@@H](c1cccs1)c1cc([N+](=O)[O-])cc(Br)c1O. The number of non-ortho nitro benzene ring substituents is 1. The third kappa shape index (κ3) is 3.24. The predicted octanol–water partition coefficient (Wildman–Crippen LogP) is 3.59. The van der Waals surface area contributed by atoms with Gasteiger partial charge in [-0.05, 0) is 27.4 Å². The average molecular weight is 366 g/mol. The molecule has 102 valence electrons. The fourth-order valence-electron chi connectivity index (χ4n) is 1.57. The smallest absolute Gasteiger partial charge is 0.271 e. The van der Waals surface area contributed by atoms with Crippen molar-refractivity contribution >= 4 is 45.4 Å². The molecule has 2 rings (SSSR count). The molecule has 1 heterocycles. The maximum atomic E-state index is 10.8. The third-order valence-corrected chi connectivity index (χ3v) is 4.03. The van der Waals surface area contributed by atoms with Crippen molar-refractivity contribution in [1.82, 2.24) is 0 Å². The maximum Gasteiger partial charge on any atom is 0.271 e. The second-order valence-corrected chi connectivity index (χ2v) is 5.45. The number of nitro benzene ring substituents is 1. The molecule has 0 saturated heterocycles. The van der Waals surface area contributed by atoms with Crippen LogP contribution >= 0.6 is 39.7 Å². The number of phenolic OH excluding ortho intramolecular Hbond substituents is 1. The van der Waals surface area contributed by atoms with Gasteiger partial charge in [0.05, 0.1) is 15.4 Å². The molecular formula is C11H10BrClN2O3S. The number of nitrogens with two attached hydrogens (primary N) is 1. The summed E-state index contributed by atoms with van der Waals surface area (Å²) < 4.78 is 0.263. The van der Waals surface area contributed by atoms with Crippen LogP contribution in [0.1, 0.15) is 16.5 Å². The Morgan fingerprint density at radius 1 is 1.47 bits per heavy atom. The number of phenols is 1. The van der Waals surface area contributed by atoms with Gasteiger partial charge in [-0.2, -0.15) is 0 Å². The number of hydrogen-bond donors (Lipinski definition) is 2. The number of nitrogens with zero attached hydrogens (tertiary/aromatic N) is 1. The Labute approximate surface area is 127 Å². The molecule has 0 aliphatic heterocycles. The Kier molecular flexibility index (Phi) is 5.30. The summed E-state index contributed by atoms with van der Waals surface area (Å²) in [7, 11) is 0. The second kappa shape index (κ2) is 6.33. The van der Waals surface area contributed by atoms with Crippen LogP contribution in [-0.2, 0) is 0 Å². The van der Waals surface area contributed by atoms with Crippen LogP contribution in [0.5, 0.6) is 5.75 Å². The zero-order valence-corrected chi connectivity index (χ0v) is 12.7. The molecule has 8 heteroatoms. The molecule has 0 amide bonds. The Morgan fingerprint density at radius 2 is 2.16 bits per heavy atom. The minimum atomic E-state index is -0.582. The first-order chi connectivity index (χ1) is 8.50. The van der Waals surface area contributed by atoms with Crippen molar-refractivity contribution in [3.63, 3.8) is 0 Å². The van der Waals surface area contributed by atoms with Crippen molar-refractivity contribution in [3.05, 3.63) is 54.7 Å². The molecule has 1 aromatic heterocycles. The van der Waals surface area contributed by atoms with Gasteiger partial charge < -0.3 is 10.8 Å². The standard InChI is InChI=1S/C11H9BrN2O3S.ClH/c12-8-5-6(14(16)17)4-7(11(8)15)10(13)9-2-1-3-18-9;/h1-5,10,15H,13H2;1H/t10-;/m1./s1. The number of thiophene rings is 1. The molecule has 0 radical (unpaired) electrons. The quantitative estimate of drug-likeness (QED) is 0.642. The molecule has 1 atom stereocenters. The highest BCUT2D eigenvalue weighted by molar-refractivity contribution is 9.10. The lowest BCUT2D eigenvalue weighted by Gasteiger charge is -2.12. The molecule has 19 heavy (non-hydrogen) atoms. The third-order valence-electron chi connectivity index (χ3n) is 2.47. The Hall–Kier alpha value is -1.15. The normalized spacial score (nSPS) is 11.7. The van der Waals surface area contributed by atoms with E-state index in [4.69, 9.17) is 5.73 Å². The number of aromatic hydroxyl groups is 1. The number of halogens is 2. The molecule has 0 aliphatic rings. The molecule has 0 spiro atoms. The number of rotatable bonds is 3. The summed E-state index contributed by atoms with van der Waals surface area (Å²) in [4.78, 5) is 11.1. The molecule has 0 bridgehead atoms. The van der Waals surface area contributed by atoms with E-state index in [0.29, 0.717) is 5.56 Å². The molecule has 1 aromatic carbocycles. The Bertz CT molecular complexity index is 592. The van der Waals surface area contributed by atoms with E-state index in [1.165, 1.54) is 23.5 Å². The lowest BCUT2D eigenvalue weighted by Crippen LogP contribution is -2.11. The summed E-state index contributed by atoms with van der Waals surface area (Å²) >= 11 is 4.52. The largest absolute Gasteiger partial charge is 0.506 e. The van der Waals surface area contributed by atoms with Gasteiger partial charge in [0.15, 0.2) is 0 Å². The average Bonchev–Trinajstić information content (AvgIpc) is 2.85. The van der Waals surface area contributed by atoms with E-state index >= 15 is 0 Å². The van der Waals surface area contributed by atoms with Crippen LogP contribution in [0.15, 0.2) is 34.1 Å². The van der Waals surface area contributed by atoms with Crippen molar-refractivity contribution in [3.8, 4) is 5.75 Å². The van der Waals surface area contributed by atoms with Crippen molar-refractivity contribution in [2.24, 2.45) is 5.73 Å². The van der Waals surface area contributed by atoms with Crippen LogP contribution in [0.2, 0.25) is 0 Å². The van der Waals surface area contributed by atoms with E-state index in [0.717, 1.165) is 4.88 Å². The van der Waals surface area contributed by atoms with E-state index in [1.54, 1.807) is 0 Å². The maximum absolute atomic E-state index is 10.8.